The SMILES string of the molecule is O=C1c2ccccc2S(=O)(=O)N1Cc1cccc(F)c1F. The molecule has 21 heavy (non-hydrogen) atoms. The van der Waals surface area contributed by atoms with Crippen molar-refractivity contribution in [2.75, 3.05) is 0 Å². The molecule has 3 rings (SSSR count). The maximum atomic E-state index is 13.7. The molecule has 0 bridgehead atoms. The van der Waals surface area contributed by atoms with E-state index in [1.165, 1.54) is 30.3 Å². The molecule has 0 N–H and O–H groups in total. The molecule has 0 fully saturated rings. The van der Waals surface area contributed by atoms with Gasteiger partial charge in [0, 0.05) is 5.56 Å². The first-order valence-electron chi connectivity index (χ1n) is 6.02. The monoisotopic (exact) mass is 309 g/mol. The number of fused-ring (bicyclic) bond motifs is 1. The van der Waals surface area contributed by atoms with Crippen molar-refractivity contribution in [1.29, 1.82) is 0 Å². The van der Waals surface area contributed by atoms with Gasteiger partial charge < -0.3 is 0 Å². The Morgan fingerprint density at radius 1 is 1.00 bits per heavy atom. The summed E-state index contributed by atoms with van der Waals surface area (Å²) in [5.74, 6) is -2.99. The van der Waals surface area contributed by atoms with E-state index in [9.17, 15) is 22.0 Å². The van der Waals surface area contributed by atoms with E-state index in [0.717, 1.165) is 6.07 Å². The van der Waals surface area contributed by atoms with Crippen LogP contribution in [0.1, 0.15) is 15.9 Å². The highest BCUT2D eigenvalue weighted by Gasteiger charge is 2.41. The summed E-state index contributed by atoms with van der Waals surface area (Å²) in [5, 5.41) is 0. The van der Waals surface area contributed by atoms with E-state index in [4.69, 9.17) is 0 Å². The molecule has 1 aliphatic heterocycles. The van der Waals surface area contributed by atoms with Crippen molar-refractivity contribution in [3.05, 3.63) is 65.2 Å². The number of sulfonamides is 1. The second-order valence-electron chi connectivity index (χ2n) is 4.53. The molecule has 4 nitrogen and oxygen atoms in total. The van der Waals surface area contributed by atoms with Crippen LogP contribution in [0.3, 0.4) is 0 Å². The third kappa shape index (κ3) is 2.01. The molecule has 0 aromatic heterocycles. The van der Waals surface area contributed by atoms with Crippen molar-refractivity contribution < 1.29 is 22.0 Å². The normalized spacial score (nSPS) is 16.1. The Morgan fingerprint density at radius 3 is 2.43 bits per heavy atom. The maximum absolute atomic E-state index is 13.7. The third-order valence-electron chi connectivity index (χ3n) is 3.26. The predicted molar refractivity (Wildman–Crippen MR) is 69.9 cm³/mol. The number of rotatable bonds is 2. The van der Waals surface area contributed by atoms with Crippen LogP contribution in [-0.2, 0) is 16.6 Å². The van der Waals surface area contributed by atoms with Crippen LogP contribution in [0.2, 0.25) is 0 Å². The number of halogens is 2. The number of carbonyl (C=O) groups is 1. The lowest BCUT2D eigenvalue weighted by Gasteiger charge is -2.15. The van der Waals surface area contributed by atoms with Crippen LogP contribution in [-0.4, -0.2) is 18.6 Å². The molecule has 0 spiro atoms. The third-order valence-corrected chi connectivity index (χ3v) is 5.04. The highest BCUT2D eigenvalue weighted by Crippen LogP contribution is 2.31. The molecule has 2 aromatic carbocycles. The van der Waals surface area contributed by atoms with Crippen molar-refractivity contribution >= 4 is 15.9 Å². The average molecular weight is 309 g/mol. The number of nitrogens with zero attached hydrogens (tertiary/aromatic N) is 1. The van der Waals surface area contributed by atoms with Gasteiger partial charge in [0.05, 0.1) is 12.1 Å². The van der Waals surface area contributed by atoms with Crippen LogP contribution in [0.5, 0.6) is 0 Å². The molecule has 2 aromatic rings. The molecule has 1 aliphatic rings. The smallest absolute Gasteiger partial charge is 0.268 e. The minimum absolute atomic E-state index is 0.0364. The van der Waals surface area contributed by atoms with E-state index >= 15 is 0 Å². The zero-order valence-electron chi connectivity index (χ0n) is 10.6. The quantitative estimate of drug-likeness (QED) is 0.855. The van der Waals surface area contributed by atoms with E-state index in [0.29, 0.717) is 4.31 Å². The number of hydrogen-bond acceptors (Lipinski definition) is 3. The first-order chi connectivity index (χ1) is 9.93. The summed E-state index contributed by atoms with van der Waals surface area (Å²) in [7, 11) is -4.03. The summed E-state index contributed by atoms with van der Waals surface area (Å²) in [6, 6.07) is 9.16. The van der Waals surface area contributed by atoms with Crippen LogP contribution in [0, 0.1) is 11.6 Å². The first-order valence-corrected chi connectivity index (χ1v) is 7.46. The van der Waals surface area contributed by atoms with E-state index in [1.54, 1.807) is 6.07 Å². The molecular weight excluding hydrogens is 300 g/mol. The van der Waals surface area contributed by atoms with Crippen LogP contribution in [0.4, 0.5) is 8.78 Å². The van der Waals surface area contributed by atoms with Gasteiger partial charge in [-0.2, -0.15) is 0 Å². The van der Waals surface area contributed by atoms with Gasteiger partial charge in [-0.1, -0.05) is 24.3 Å². The van der Waals surface area contributed by atoms with Gasteiger partial charge in [0.1, 0.15) is 4.90 Å². The average Bonchev–Trinajstić information content (AvgIpc) is 2.65. The van der Waals surface area contributed by atoms with Crippen LogP contribution >= 0.6 is 0 Å². The summed E-state index contributed by atoms with van der Waals surface area (Å²) >= 11 is 0. The largest absolute Gasteiger partial charge is 0.269 e. The molecular formula is C14H9F2NO3S. The lowest BCUT2D eigenvalue weighted by Crippen LogP contribution is -2.29. The van der Waals surface area contributed by atoms with Crippen molar-refractivity contribution in [2.24, 2.45) is 0 Å². The van der Waals surface area contributed by atoms with E-state index in [-0.39, 0.29) is 16.0 Å². The number of amides is 1. The zero-order valence-corrected chi connectivity index (χ0v) is 11.4. The fourth-order valence-corrected chi connectivity index (χ4v) is 3.76. The summed E-state index contributed by atoms with van der Waals surface area (Å²) in [4.78, 5) is 12.0. The summed E-state index contributed by atoms with van der Waals surface area (Å²) in [5.41, 5.74) is -0.158. The van der Waals surface area contributed by atoms with Crippen LogP contribution < -0.4 is 0 Å². The predicted octanol–water partition coefficient (Wildman–Crippen LogP) is 2.31. The van der Waals surface area contributed by atoms with Crippen molar-refractivity contribution in [2.45, 2.75) is 11.4 Å². The Labute approximate surface area is 119 Å². The number of hydrogen-bond donors (Lipinski definition) is 0. The minimum atomic E-state index is -4.03. The molecule has 0 saturated heterocycles. The first kappa shape index (κ1) is 13.7. The van der Waals surface area contributed by atoms with Gasteiger partial charge in [-0.3, -0.25) is 4.79 Å². The van der Waals surface area contributed by atoms with Crippen LogP contribution in [0.25, 0.3) is 0 Å². The lowest BCUT2D eigenvalue weighted by atomic mass is 10.2. The second kappa shape index (κ2) is 4.63. The van der Waals surface area contributed by atoms with Crippen molar-refractivity contribution in [3.63, 3.8) is 0 Å². The summed E-state index contributed by atoms with van der Waals surface area (Å²) in [6.45, 7) is -0.542. The maximum Gasteiger partial charge on any atom is 0.269 e. The molecule has 0 saturated carbocycles. The Morgan fingerprint density at radius 2 is 1.71 bits per heavy atom. The minimum Gasteiger partial charge on any atom is -0.268 e. The molecule has 0 aliphatic carbocycles. The lowest BCUT2D eigenvalue weighted by molar-refractivity contribution is 0.0864. The molecule has 7 heteroatoms. The highest BCUT2D eigenvalue weighted by molar-refractivity contribution is 7.90. The zero-order chi connectivity index (χ0) is 15.2. The summed E-state index contributed by atoms with van der Waals surface area (Å²) in [6.07, 6.45) is 0. The molecule has 0 radical (unpaired) electrons. The van der Waals surface area contributed by atoms with Gasteiger partial charge in [-0.05, 0) is 18.2 Å². The number of benzene rings is 2. The van der Waals surface area contributed by atoms with Gasteiger partial charge in [0.2, 0.25) is 0 Å². The Bertz CT molecular complexity index is 849. The van der Waals surface area contributed by atoms with Crippen molar-refractivity contribution in [3.8, 4) is 0 Å². The Kier molecular flexibility index (Phi) is 3.02. The van der Waals surface area contributed by atoms with E-state index < -0.39 is 34.1 Å². The molecule has 1 heterocycles. The van der Waals surface area contributed by atoms with Gasteiger partial charge >= 0.3 is 0 Å². The van der Waals surface area contributed by atoms with Gasteiger partial charge in [0.15, 0.2) is 11.6 Å². The summed E-state index contributed by atoms with van der Waals surface area (Å²) < 4.78 is 52.0. The standard InChI is InChI=1S/C14H9F2NO3S/c15-11-6-3-4-9(13(11)16)8-17-14(18)10-5-1-2-7-12(10)21(17,19)20/h1-7H,8H2. The van der Waals surface area contributed by atoms with Crippen molar-refractivity contribution in [1.82, 2.24) is 4.31 Å². The molecule has 108 valence electrons. The van der Waals surface area contributed by atoms with Gasteiger partial charge in [-0.15, -0.1) is 0 Å². The molecule has 0 unspecified atom stereocenters. The van der Waals surface area contributed by atoms with Crippen LogP contribution in [0.15, 0.2) is 47.4 Å². The fraction of sp³-hybridized carbons (Fsp3) is 0.0714. The fourth-order valence-electron chi connectivity index (χ4n) is 2.21. The second-order valence-corrected chi connectivity index (χ2v) is 6.36. The Hall–Kier alpha value is -2.28. The van der Waals surface area contributed by atoms with E-state index in [1.807, 2.05) is 0 Å². The van der Waals surface area contributed by atoms with Gasteiger partial charge in [0.25, 0.3) is 15.9 Å². The molecule has 1 amide bonds. The van der Waals surface area contributed by atoms with Gasteiger partial charge in [-0.25, -0.2) is 21.5 Å². The van der Waals surface area contributed by atoms with E-state index in [2.05, 4.69) is 0 Å². The topological polar surface area (TPSA) is 54.5 Å². The highest BCUT2D eigenvalue weighted by atomic mass is 32.2. The molecule has 0 atom stereocenters. The Balaban J connectivity index is 2.06. The number of carbonyl (C=O) groups excluding carboxylic acids is 1.